The van der Waals surface area contributed by atoms with Crippen molar-refractivity contribution < 1.29 is 29.1 Å². The van der Waals surface area contributed by atoms with Gasteiger partial charge in [0.2, 0.25) is 0 Å². The van der Waals surface area contributed by atoms with E-state index in [-0.39, 0.29) is 25.3 Å². The Morgan fingerprint density at radius 1 is 1.39 bits per heavy atom. The predicted molar refractivity (Wildman–Crippen MR) is 76.4 cm³/mol. The highest BCUT2D eigenvalue weighted by Gasteiger charge is 2.40. The van der Waals surface area contributed by atoms with Gasteiger partial charge in [-0.15, -0.1) is 0 Å². The van der Waals surface area contributed by atoms with Gasteiger partial charge in [-0.25, -0.2) is 9.59 Å². The van der Waals surface area contributed by atoms with Crippen LogP contribution < -0.4 is 0 Å². The number of ether oxygens (including phenoxy) is 2. The monoisotopic (exact) mass is 324 g/mol. The normalized spacial score (nSPS) is 20.2. The number of β-amino-alcohol motifs (C(OH)–C–C–N with tert-alkyl or cyclic N) is 1. The molecule has 2 rings (SSSR count). The van der Waals surface area contributed by atoms with Gasteiger partial charge < -0.3 is 14.6 Å². The molecule has 1 N–H and O–H groups in total. The van der Waals surface area contributed by atoms with E-state index in [1.165, 1.54) is 31.4 Å². The summed E-state index contributed by atoms with van der Waals surface area (Å²) in [6.45, 7) is -0.115. The predicted octanol–water partition coefficient (Wildman–Crippen LogP) is 0.840. The Bertz CT molecular complexity index is 602. The fourth-order valence-corrected chi connectivity index (χ4v) is 2.32. The van der Waals surface area contributed by atoms with Crippen LogP contribution in [0.2, 0.25) is 0 Å². The Labute approximate surface area is 131 Å². The van der Waals surface area contributed by atoms with Gasteiger partial charge in [-0.2, -0.15) is 0 Å². The van der Waals surface area contributed by atoms with E-state index in [0.717, 1.165) is 4.90 Å². The molecule has 124 valence electrons. The third kappa shape index (κ3) is 3.95. The standard InChI is InChI=1S/C14H16N2O7/c1-22-13(18)12-6-11(17)7-15(12)14(19)23-8-9-2-4-10(5-3-9)16(20)21/h2-5,11-12,17H,6-8H2,1H3/t11-,12+/m1/s1. The average Bonchev–Trinajstić information content (AvgIpc) is 2.94. The van der Waals surface area contributed by atoms with Crippen molar-refractivity contribution in [3.8, 4) is 0 Å². The van der Waals surface area contributed by atoms with Crippen molar-refractivity contribution in [2.45, 2.75) is 25.2 Å². The number of carbonyl (C=O) groups is 2. The van der Waals surface area contributed by atoms with Gasteiger partial charge in [-0.05, 0) is 17.7 Å². The van der Waals surface area contributed by atoms with E-state index >= 15 is 0 Å². The van der Waals surface area contributed by atoms with Gasteiger partial charge in [-0.3, -0.25) is 15.0 Å². The van der Waals surface area contributed by atoms with Gasteiger partial charge >= 0.3 is 12.1 Å². The fraction of sp³-hybridized carbons (Fsp3) is 0.429. The number of benzene rings is 1. The molecule has 0 aliphatic carbocycles. The number of nitro benzene ring substituents is 1. The molecule has 0 unspecified atom stereocenters. The third-order valence-corrected chi connectivity index (χ3v) is 3.50. The van der Waals surface area contributed by atoms with Gasteiger partial charge in [0.15, 0.2) is 0 Å². The number of likely N-dealkylation sites (tertiary alicyclic amines) is 1. The number of rotatable bonds is 4. The third-order valence-electron chi connectivity index (χ3n) is 3.50. The number of non-ortho nitro benzene ring substituents is 1. The summed E-state index contributed by atoms with van der Waals surface area (Å²) < 4.78 is 9.68. The Morgan fingerprint density at radius 2 is 2.04 bits per heavy atom. The van der Waals surface area contributed by atoms with Crippen molar-refractivity contribution in [3.63, 3.8) is 0 Å². The van der Waals surface area contributed by atoms with E-state index in [4.69, 9.17) is 4.74 Å². The molecule has 9 nitrogen and oxygen atoms in total. The van der Waals surface area contributed by atoms with Crippen LogP contribution in [-0.4, -0.2) is 52.8 Å². The number of carbonyl (C=O) groups excluding carboxylic acids is 2. The SMILES string of the molecule is COC(=O)[C@@H]1C[C@@H](O)CN1C(=O)OCc1ccc([N+](=O)[O-])cc1. The number of hydrogen-bond donors (Lipinski definition) is 1. The summed E-state index contributed by atoms with van der Waals surface area (Å²) in [4.78, 5) is 34.8. The van der Waals surface area contributed by atoms with E-state index in [1.54, 1.807) is 0 Å². The van der Waals surface area contributed by atoms with E-state index in [9.17, 15) is 24.8 Å². The Kier molecular flexibility index (Phi) is 5.12. The fourth-order valence-electron chi connectivity index (χ4n) is 2.32. The van der Waals surface area contributed by atoms with E-state index in [1.807, 2.05) is 0 Å². The molecule has 0 spiro atoms. The highest BCUT2D eigenvalue weighted by atomic mass is 16.6. The minimum absolute atomic E-state index is 0.0150. The van der Waals surface area contributed by atoms with Crippen LogP contribution in [0.3, 0.4) is 0 Å². The maximum Gasteiger partial charge on any atom is 0.410 e. The Morgan fingerprint density at radius 3 is 2.61 bits per heavy atom. The number of nitro groups is 1. The smallest absolute Gasteiger partial charge is 0.410 e. The molecule has 1 aromatic rings. The number of methoxy groups -OCH3 is 1. The summed E-state index contributed by atoms with van der Waals surface area (Å²) in [5, 5.41) is 20.2. The van der Waals surface area contributed by atoms with Crippen molar-refractivity contribution in [1.82, 2.24) is 4.90 Å². The molecule has 2 atom stereocenters. The van der Waals surface area contributed by atoms with Crippen LogP contribution in [0.25, 0.3) is 0 Å². The van der Waals surface area contributed by atoms with Crippen molar-refractivity contribution in [3.05, 3.63) is 39.9 Å². The van der Waals surface area contributed by atoms with Crippen molar-refractivity contribution >= 4 is 17.7 Å². The molecular weight excluding hydrogens is 308 g/mol. The van der Waals surface area contributed by atoms with Gasteiger partial charge in [0.05, 0.1) is 24.7 Å². The molecule has 1 amide bonds. The minimum Gasteiger partial charge on any atom is -0.467 e. The van der Waals surface area contributed by atoms with Gasteiger partial charge in [0, 0.05) is 18.6 Å². The van der Waals surface area contributed by atoms with Crippen LogP contribution >= 0.6 is 0 Å². The highest BCUT2D eigenvalue weighted by molar-refractivity contribution is 5.82. The molecule has 0 radical (unpaired) electrons. The second-order valence-corrected chi connectivity index (χ2v) is 5.06. The van der Waals surface area contributed by atoms with Crippen molar-refractivity contribution in [1.29, 1.82) is 0 Å². The van der Waals surface area contributed by atoms with Crippen LogP contribution in [0, 0.1) is 10.1 Å². The summed E-state index contributed by atoms with van der Waals surface area (Å²) in [6.07, 6.45) is -1.47. The van der Waals surface area contributed by atoms with Crippen LogP contribution in [0.1, 0.15) is 12.0 Å². The zero-order valence-electron chi connectivity index (χ0n) is 12.4. The molecule has 1 fully saturated rings. The van der Waals surface area contributed by atoms with E-state index in [2.05, 4.69) is 4.74 Å². The largest absolute Gasteiger partial charge is 0.467 e. The van der Waals surface area contributed by atoms with Gasteiger partial charge in [-0.1, -0.05) is 0 Å². The lowest BCUT2D eigenvalue weighted by molar-refractivity contribution is -0.384. The summed E-state index contributed by atoms with van der Waals surface area (Å²) in [6, 6.07) is 4.68. The Balaban J connectivity index is 1.95. The topological polar surface area (TPSA) is 119 Å². The lowest BCUT2D eigenvalue weighted by Gasteiger charge is -2.21. The first-order valence-electron chi connectivity index (χ1n) is 6.85. The molecule has 1 aromatic carbocycles. The zero-order chi connectivity index (χ0) is 17.0. The summed E-state index contributed by atoms with van der Waals surface area (Å²) in [5.41, 5.74) is 0.506. The molecule has 9 heteroatoms. The number of aliphatic hydroxyl groups excluding tert-OH is 1. The molecule has 23 heavy (non-hydrogen) atoms. The summed E-state index contributed by atoms with van der Waals surface area (Å²) in [7, 11) is 1.20. The Hall–Kier alpha value is -2.68. The quantitative estimate of drug-likeness (QED) is 0.495. The van der Waals surface area contributed by atoms with Crippen LogP contribution in [0.15, 0.2) is 24.3 Å². The van der Waals surface area contributed by atoms with Crippen LogP contribution in [0.4, 0.5) is 10.5 Å². The van der Waals surface area contributed by atoms with E-state index < -0.39 is 29.1 Å². The summed E-state index contributed by atoms with van der Waals surface area (Å²) >= 11 is 0. The minimum atomic E-state index is -0.876. The second-order valence-electron chi connectivity index (χ2n) is 5.06. The number of nitrogens with zero attached hydrogens (tertiary/aromatic N) is 2. The zero-order valence-corrected chi connectivity index (χ0v) is 12.4. The highest BCUT2D eigenvalue weighted by Crippen LogP contribution is 2.21. The molecule has 1 aliphatic heterocycles. The van der Waals surface area contributed by atoms with Crippen molar-refractivity contribution in [2.24, 2.45) is 0 Å². The van der Waals surface area contributed by atoms with Crippen LogP contribution in [0.5, 0.6) is 0 Å². The van der Waals surface area contributed by atoms with Gasteiger partial charge in [0.1, 0.15) is 12.6 Å². The number of amides is 1. The number of aliphatic hydroxyl groups is 1. The number of esters is 1. The molecular formula is C14H16N2O7. The lowest BCUT2D eigenvalue weighted by Crippen LogP contribution is -2.41. The molecule has 1 aliphatic rings. The molecule has 0 saturated carbocycles. The average molecular weight is 324 g/mol. The number of hydrogen-bond acceptors (Lipinski definition) is 7. The maximum absolute atomic E-state index is 12.0. The first-order valence-corrected chi connectivity index (χ1v) is 6.85. The molecule has 0 bridgehead atoms. The molecule has 1 saturated heterocycles. The maximum atomic E-state index is 12.0. The van der Waals surface area contributed by atoms with Gasteiger partial charge in [0.25, 0.3) is 5.69 Å². The van der Waals surface area contributed by atoms with Crippen molar-refractivity contribution in [2.75, 3.05) is 13.7 Å². The second kappa shape index (κ2) is 7.05. The lowest BCUT2D eigenvalue weighted by atomic mass is 10.2. The molecule has 1 heterocycles. The molecule has 0 aromatic heterocycles. The first-order chi connectivity index (χ1) is 10.9. The van der Waals surface area contributed by atoms with E-state index in [0.29, 0.717) is 5.56 Å². The summed E-state index contributed by atoms with van der Waals surface area (Å²) in [5.74, 6) is -0.617. The first kappa shape index (κ1) is 16.7. The van der Waals surface area contributed by atoms with Crippen LogP contribution in [-0.2, 0) is 20.9 Å².